The molecule has 0 aromatic heterocycles. The minimum atomic E-state index is -0.716. The number of nitrogens with zero attached hydrogens (tertiary/aromatic N) is 1. The Balaban J connectivity index is 1.39. The summed E-state index contributed by atoms with van der Waals surface area (Å²) in [5, 5.41) is 14.6. The zero-order valence-corrected chi connectivity index (χ0v) is 14.7. The average molecular weight is 359 g/mol. The fourth-order valence-electron chi connectivity index (χ4n) is 4.18. The van der Waals surface area contributed by atoms with Gasteiger partial charge in [0.15, 0.2) is 0 Å². The maximum absolute atomic E-state index is 12.0. The van der Waals surface area contributed by atoms with Crippen molar-refractivity contribution in [1.29, 1.82) is 0 Å². The molecule has 2 atom stereocenters. The highest BCUT2D eigenvalue weighted by Crippen LogP contribution is 2.48. The second kappa shape index (κ2) is 7.86. The van der Waals surface area contributed by atoms with Crippen molar-refractivity contribution in [1.82, 2.24) is 15.5 Å². The number of imide groups is 1. The standard InChI is InChI=1S/C19H25N3O4/c23-16(21-18(26)20-11-14-5-2-1-3-6-14)8-10-22-12-15-7-4-9-19(15,13-22)17(24)25/h1-3,5-6,15H,4,7-13H2,(H,24,25)(H2,20,21,23,26)/t15-,19+/m0/s1. The molecule has 1 saturated heterocycles. The minimum absolute atomic E-state index is 0.178. The zero-order chi connectivity index (χ0) is 18.6. The van der Waals surface area contributed by atoms with E-state index in [0.29, 0.717) is 19.6 Å². The molecule has 1 aliphatic carbocycles. The molecular weight excluding hydrogens is 334 g/mol. The first kappa shape index (κ1) is 18.4. The molecule has 0 radical (unpaired) electrons. The molecule has 0 bridgehead atoms. The highest BCUT2D eigenvalue weighted by Gasteiger charge is 2.54. The Morgan fingerprint density at radius 1 is 1.23 bits per heavy atom. The van der Waals surface area contributed by atoms with Crippen LogP contribution in [0.4, 0.5) is 4.79 Å². The number of urea groups is 1. The predicted octanol–water partition coefficient (Wildman–Crippen LogP) is 1.59. The summed E-state index contributed by atoms with van der Waals surface area (Å²) >= 11 is 0. The summed E-state index contributed by atoms with van der Waals surface area (Å²) in [7, 11) is 0. The van der Waals surface area contributed by atoms with Crippen LogP contribution in [0.1, 0.15) is 31.2 Å². The SMILES string of the molecule is O=C(CCN1C[C@@H]2CCC[C@@]2(C(=O)O)C1)NC(=O)NCc1ccccc1. The average Bonchev–Trinajstić information content (AvgIpc) is 3.17. The number of likely N-dealkylation sites (tertiary alicyclic amines) is 1. The van der Waals surface area contributed by atoms with Crippen LogP contribution in [0.3, 0.4) is 0 Å². The molecule has 1 heterocycles. The summed E-state index contributed by atoms with van der Waals surface area (Å²) in [5.74, 6) is -0.888. The van der Waals surface area contributed by atoms with Gasteiger partial charge in [0.25, 0.3) is 0 Å². The van der Waals surface area contributed by atoms with Crippen molar-refractivity contribution in [2.24, 2.45) is 11.3 Å². The third kappa shape index (κ3) is 4.04. The number of carboxylic acids is 1. The molecule has 1 aromatic carbocycles. The summed E-state index contributed by atoms with van der Waals surface area (Å²) in [6, 6.07) is 8.94. The van der Waals surface area contributed by atoms with Gasteiger partial charge < -0.3 is 15.3 Å². The van der Waals surface area contributed by atoms with Gasteiger partial charge in [-0.2, -0.15) is 0 Å². The lowest BCUT2D eigenvalue weighted by molar-refractivity contribution is -0.149. The minimum Gasteiger partial charge on any atom is -0.481 e. The smallest absolute Gasteiger partial charge is 0.321 e. The normalized spacial score (nSPS) is 24.8. The number of hydrogen-bond acceptors (Lipinski definition) is 4. The highest BCUT2D eigenvalue weighted by atomic mass is 16.4. The van der Waals surface area contributed by atoms with Crippen LogP contribution in [-0.2, 0) is 16.1 Å². The summed E-state index contributed by atoms with van der Waals surface area (Å²) in [4.78, 5) is 37.5. The molecule has 3 amide bonds. The van der Waals surface area contributed by atoms with E-state index in [2.05, 4.69) is 10.6 Å². The van der Waals surface area contributed by atoms with Crippen molar-refractivity contribution >= 4 is 17.9 Å². The third-order valence-electron chi connectivity index (χ3n) is 5.57. The number of amides is 3. The van der Waals surface area contributed by atoms with E-state index in [1.54, 1.807) is 0 Å². The Morgan fingerprint density at radius 2 is 2.00 bits per heavy atom. The van der Waals surface area contributed by atoms with Crippen LogP contribution >= 0.6 is 0 Å². The highest BCUT2D eigenvalue weighted by molar-refractivity contribution is 5.94. The summed E-state index contributed by atoms with van der Waals surface area (Å²) in [6.45, 7) is 2.05. The molecule has 7 nitrogen and oxygen atoms in total. The Hall–Kier alpha value is -2.41. The summed E-state index contributed by atoms with van der Waals surface area (Å²) < 4.78 is 0. The number of carbonyl (C=O) groups excluding carboxylic acids is 2. The van der Waals surface area contributed by atoms with Gasteiger partial charge in [-0.05, 0) is 24.3 Å². The van der Waals surface area contributed by atoms with E-state index >= 15 is 0 Å². The van der Waals surface area contributed by atoms with Gasteiger partial charge in [-0.15, -0.1) is 0 Å². The number of carboxylic acid groups (broad SMARTS) is 1. The number of carbonyl (C=O) groups is 3. The first-order valence-electron chi connectivity index (χ1n) is 9.07. The number of fused-ring (bicyclic) bond motifs is 1. The number of benzene rings is 1. The fourth-order valence-corrected chi connectivity index (χ4v) is 4.18. The summed E-state index contributed by atoms with van der Waals surface area (Å²) in [6.07, 6.45) is 2.81. The second-order valence-electron chi connectivity index (χ2n) is 7.25. The third-order valence-corrected chi connectivity index (χ3v) is 5.57. The van der Waals surface area contributed by atoms with Crippen molar-refractivity contribution in [3.8, 4) is 0 Å². The quantitative estimate of drug-likeness (QED) is 0.716. The molecule has 3 N–H and O–H groups in total. The molecule has 1 aromatic rings. The lowest BCUT2D eigenvalue weighted by atomic mass is 9.81. The molecule has 7 heteroatoms. The monoisotopic (exact) mass is 359 g/mol. The van der Waals surface area contributed by atoms with Crippen molar-refractivity contribution < 1.29 is 19.5 Å². The van der Waals surface area contributed by atoms with E-state index < -0.39 is 17.4 Å². The second-order valence-corrected chi connectivity index (χ2v) is 7.25. The van der Waals surface area contributed by atoms with E-state index in [0.717, 1.165) is 31.4 Å². The number of aliphatic carboxylic acids is 1. The summed E-state index contributed by atoms with van der Waals surface area (Å²) in [5.41, 5.74) is 0.321. The van der Waals surface area contributed by atoms with Crippen LogP contribution in [0, 0.1) is 11.3 Å². The van der Waals surface area contributed by atoms with Crippen LogP contribution in [0.5, 0.6) is 0 Å². The molecule has 3 rings (SSSR count). The van der Waals surface area contributed by atoms with Crippen molar-refractivity contribution in [2.75, 3.05) is 19.6 Å². The molecule has 2 aliphatic rings. The van der Waals surface area contributed by atoms with E-state index in [-0.39, 0.29) is 18.2 Å². The fraction of sp³-hybridized carbons (Fsp3) is 0.526. The first-order valence-corrected chi connectivity index (χ1v) is 9.07. The van der Waals surface area contributed by atoms with Gasteiger partial charge in [0.05, 0.1) is 5.41 Å². The van der Waals surface area contributed by atoms with E-state index in [4.69, 9.17) is 0 Å². The number of hydrogen-bond donors (Lipinski definition) is 3. The maximum Gasteiger partial charge on any atom is 0.321 e. The van der Waals surface area contributed by atoms with Crippen LogP contribution in [0.25, 0.3) is 0 Å². The predicted molar refractivity (Wildman–Crippen MR) is 95.3 cm³/mol. The Morgan fingerprint density at radius 3 is 2.69 bits per heavy atom. The van der Waals surface area contributed by atoms with Crippen LogP contribution in [0.15, 0.2) is 30.3 Å². The van der Waals surface area contributed by atoms with E-state index in [1.165, 1.54) is 0 Å². The zero-order valence-electron chi connectivity index (χ0n) is 14.7. The maximum atomic E-state index is 12.0. The van der Waals surface area contributed by atoms with Crippen LogP contribution in [0.2, 0.25) is 0 Å². The van der Waals surface area contributed by atoms with Crippen molar-refractivity contribution in [2.45, 2.75) is 32.2 Å². The number of rotatable bonds is 6. The molecule has 0 spiro atoms. The van der Waals surface area contributed by atoms with Gasteiger partial charge in [0, 0.05) is 32.6 Å². The van der Waals surface area contributed by atoms with Gasteiger partial charge >= 0.3 is 12.0 Å². The lowest BCUT2D eigenvalue weighted by Crippen LogP contribution is -2.40. The van der Waals surface area contributed by atoms with Gasteiger partial charge in [0.1, 0.15) is 0 Å². The molecule has 1 saturated carbocycles. The molecule has 140 valence electrons. The van der Waals surface area contributed by atoms with Crippen molar-refractivity contribution in [3.05, 3.63) is 35.9 Å². The molecule has 1 aliphatic heterocycles. The van der Waals surface area contributed by atoms with Gasteiger partial charge in [-0.3, -0.25) is 14.9 Å². The topological polar surface area (TPSA) is 98.7 Å². The van der Waals surface area contributed by atoms with Gasteiger partial charge in [-0.1, -0.05) is 36.8 Å². The Labute approximate surface area is 152 Å². The molecule has 26 heavy (non-hydrogen) atoms. The number of nitrogens with one attached hydrogen (secondary N) is 2. The van der Waals surface area contributed by atoms with E-state index in [1.807, 2.05) is 35.2 Å². The lowest BCUT2D eigenvalue weighted by Gasteiger charge is -2.23. The van der Waals surface area contributed by atoms with Gasteiger partial charge in [-0.25, -0.2) is 4.79 Å². The van der Waals surface area contributed by atoms with Crippen molar-refractivity contribution in [3.63, 3.8) is 0 Å². The van der Waals surface area contributed by atoms with Crippen LogP contribution < -0.4 is 10.6 Å². The molecular formula is C19H25N3O4. The Bertz CT molecular complexity index is 679. The Kier molecular flexibility index (Phi) is 5.56. The van der Waals surface area contributed by atoms with Crippen LogP contribution in [-0.4, -0.2) is 47.5 Å². The molecule has 0 unspecified atom stereocenters. The largest absolute Gasteiger partial charge is 0.481 e. The van der Waals surface area contributed by atoms with Gasteiger partial charge in [0.2, 0.25) is 5.91 Å². The molecule has 2 fully saturated rings. The first-order chi connectivity index (χ1) is 12.5. The van der Waals surface area contributed by atoms with E-state index in [9.17, 15) is 19.5 Å².